The van der Waals surface area contributed by atoms with Crippen LogP contribution >= 0.6 is 0 Å². The molecule has 0 aliphatic carbocycles. The molecule has 1 unspecified atom stereocenters. The van der Waals surface area contributed by atoms with Crippen LogP contribution in [0.2, 0.25) is 0 Å². The lowest BCUT2D eigenvalue weighted by atomic mass is 10.1. The Hall–Kier alpha value is -2.90. The highest BCUT2D eigenvalue weighted by molar-refractivity contribution is 5.98. The van der Waals surface area contributed by atoms with Gasteiger partial charge in [-0.05, 0) is 45.4 Å². The molecule has 1 atom stereocenters. The predicted molar refractivity (Wildman–Crippen MR) is 98.5 cm³/mol. The molecule has 1 aromatic carbocycles. The Labute approximate surface area is 153 Å². The number of urea groups is 1. The average molecular weight is 359 g/mol. The van der Waals surface area contributed by atoms with E-state index in [9.17, 15) is 9.59 Å². The fourth-order valence-corrected chi connectivity index (χ4v) is 2.54. The van der Waals surface area contributed by atoms with E-state index in [4.69, 9.17) is 4.74 Å². The van der Waals surface area contributed by atoms with Crippen molar-refractivity contribution >= 4 is 17.5 Å². The Morgan fingerprint density at radius 3 is 2.73 bits per heavy atom. The zero-order chi connectivity index (χ0) is 19.1. The molecule has 0 aliphatic rings. The Balaban J connectivity index is 2.12. The smallest absolute Gasteiger partial charge is 0.319 e. The van der Waals surface area contributed by atoms with E-state index in [0.29, 0.717) is 29.4 Å². The van der Waals surface area contributed by atoms with Crippen LogP contribution in [0.5, 0.6) is 5.75 Å². The molecule has 0 saturated carbocycles. The Bertz CT molecular complexity index is 772. The number of hydrogen-bond acceptors (Lipinski definition) is 5. The van der Waals surface area contributed by atoms with E-state index in [0.717, 1.165) is 13.0 Å². The molecule has 0 saturated heterocycles. The lowest BCUT2D eigenvalue weighted by Crippen LogP contribution is -2.33. The first kappa shape index (κ1) is 19.4. The molecule has 140 valence electrons. The van der Waals surface area contributed by atoms with Crippen molar-refractivity contribution < 1.29 is 14.3 Å². The largest absolute Gasteiger partial charge is 0.492 e. The van der Waals surface area contributed by atoms with Crippen LogP contribution in [0.15, 0.2) is 24.5 Å². The molecule has 2 N–H and O–H groups in total. The predicted octanol–water partition coefficient (Wildman–Crippen LogP) is 3.17. The highest BCUT2D eigenvalue weighted by Gasteiger charge is 2.17. The van der Waals surface area contributed by atoms with E-state index in [1.807, 2.05) is 20.8 Å². The molecule has 2 rings (SSSR count). The summed E-state index contributed by atoms with van der Waals surface area (Å²) in [6.07, 6.45) is 2.40. The van der Waals surface area contributed by atoms with Gasteiger partial charge in [0.1, 0.15) is 17.9 Å². The fraction of sp³-hybridized carbons (Fsp3) is 0.444. The second-order valence-corrected chi connectivity index (χ2v) is 5.86. The van der Waals surface area contributed by atoms with Crippen LogP contribution < -0.4 is 15.4 Å². The Morgan fingerprint density at radius 1 is 1.31 bits per heavy atom. The van der Waals surface area contributed by atoms with Gasteiger partial charge in [0.25, 0.3) is 0 Å². The number of anilines is 1. The summed E-state index contributed by atoms with van der Waals surface area (Å²) in [6.45, 7) is 8.40. The summed E-state index contributed by atoms with van der Waals surface area (Å²) in [4.78, 5) is 28.2. The standard InChI is InChI=1S/C18H25N5O3/c1-5-9-23-17(19-11-20-23)12(3)21-18(25)22-15-10-14(13(4)24)7-8-16(15)26-6-2/h7-8,10-12H,5-6,9H2,1-4H3,(H2,21,22,25). The summed E-state index contributed by atoms with van der Waals surface area (Å²) >= 11 is 0. The van der Waals surface area contributed by atoms with Crippen LogP contribution in [0, 0.1) is 0 Å². The molecule has 0 radical (unpaired) electrons. The van der Waals surface area contributed by atoms with Gasteiger partial charge < -0.3 is 15.4 Å². The first-order valence-electron chi connectivity index (χ1n) is 8.69. The van der Waals surface area contributed by atoms with Gasteiger partial charge in [0, 0.05) is 12.1 Å². The summed E-state index contributed by atoms with van der Waals surface area (Å²) in [5.74, 6) is 1.11. The molecule has 8 nitrogen and oxygen atoms in total. The zero-order valence-corrected chi connectivity index (χ0v) is 15.6. The number of Topliss-reactive ketones (excluding diaryl/α,β-unsaturated/α-hetero) is 1. The number of rotatable bonds is 8. The van der Waals surface area contributed by atoms with Gasteiger partial charge in [-0.1, -0.05) is 6.92 Å². The Morgan fingerprint density at radius 2 is 2.08 bits per heavy atom. The van der Waals surface area contributed by atoms with Crippen LogP contribution in [-0.2, 0) is 6.54 Å². The highest BCUT2D eigenvalue weighted by atomic mass is 16.5. The maximum atomic E-state index is 12.4. The van der Waals surface area contributed by atoms with E-state index in [-0.39, 0.29) is 11.8 Å². The van der Waals surface area contributed by atoms with Crippen LogP contribution in [0.25, 0.3) is 0 Å². The van der Waals surface area contributed by atoms with Crippen LogP contribution in [0.3, 0.4) is 0 Å². The number of aryl methyl sites for hydroxylation is 1. The molecule has 0 aliphatic heterocycles. The van der Waals surface area contributed by atoms with Crippen molar-refractivity contribution in [2.45, 2.75) is 46.7 Å². The maximum absolute atomic E-state index is 12.4. The van der Waals surface area contributed by atoms with Crippen molar-refractivity contribution in [3.8, 4) is 5.75 Å². The van der Waals surface area contributed by atoms with Gasteiger partial charge in [0.05, 0.1) is 18.3 Å². The molecule has 1 heterocycles. The van der Waals surface area contributed by atoms with Crippen molar-refractivity contribution in [3.63, 3.8) is 0 Å². The number of ether oxygens (including phenoxy) is 1. The number of aromatic nitrogens is 3. The zero-order valence-electron chi connectivity index (χ0n) is 15.6. The molecule has 2 amide bonds. The van der Waals surface area contributed by atoms with Crippen LogP contribution in [0.4, 0.5) is 10.5 Å². The number of nitrogens with zero attached hydrogens (tertiary/aromatic N) is 3. The number of carbonyl (C=O) groups excluding carboxylic acids is 2. The van der Waals surface area contributed by atoms with Crippen molar-refractivity contribution in [1.82, 2.24) is 20.1 Å². The van der Waals surface area contributed by atoms with Gasteiger partial charge in [-0.25, -0.2) is 14.5 Å². The van der Waals surface area contributed by atoms with Gasteiger partial charge in [-0.15, -0.1) is 0 Å². The van der Waals surface area contributed by atoms with E-state index in [1.165, 1.54) is 13.3 Å². The van der Waals surface area contributed by atoms with Crippen LogP contribution in [0.1, 0.15) is 56.3 Å². The summed E-state index contributed by atoms with van der Waals surface area (Å²) in [7, 11) is 0. The molecule has 0 fully saturated rings. The lowest BCUT2D eigenvalue weighted by molar-refractivity contribution is 0.101. The van der Waals surface area contributed by atoms with Gasteiger partial charge >= 0.3 is 6.03 Å². The minimum absolute atomic E-state index is 0.0856. The third-order valence-corrected chi connectivity index (χ3v) is 3.75. The Kier molecular flexibility index (Phi) is 6.71. The van der Waals surface area contributed by atoms with E-state index in [2.05, 4.69) is 20.7 Å². The van der Waals surface area contributed by atoms with Gasteiger partial charge in [-0.2, -0.15) is 5.10 Å². The summed E-state index contributed by atoms with van der Waals surface area (Å²) < 4.78 is 7.29. The van der Waals surface area contributed by atoms with Gasteiger partial charge in [0.15, 0.2) is 5.78 Å². The van der Waals surface area contributed by atoms with Crippen molar-refractivity contribution in [2.24, 2.45) is 0 Å². The van der Waals surface area contributed by atoms with Gasteiger partial charge in [-0.3, -0.25) is 4.79 Å². The molecular formula is C18H25N5O3. The first-order chi connectivity index (χ1) is 12.5. The third-order valence-electron chi connectivity index (χ3n) is 3.75. The van der Waals surface area contributed by atoms with E-state index < -0.39 is 6.03 Å². The number of benzene rings is 1. The monoisotopic (exact) mass is 359 g/mol. The van der Waals surface area contributed by atoms with Crippen LogP contribution in [-0.4, -0.2) is 33.2 Å². The average Bonchev–Trinajstić information content (AvgIpc) is 3.05. The second kappa shape index (κ2) is 8.98. The quantitative estimate of drug-likeness (QED) is 0.706. The summed E-state index contributed by atoms with van der Waals surface area (Å²) in [5, 5.41) is 9.75. The molecule has 0 bridgehead atoms. The second-order valence-electron chi connectivity index (χ2n) is 5.86. The topological polar surface area (TPSA) is 98.1 Å². The van der Waals surface area contributed by atoms with Crippen molar-refractivity contribution in [3.05, 3.63) is 35.9 Å². The fourth-order valence-electron chi connectivity index (χ4n) is 2.54. The molecular weight excluding hydrogens is 334 g/mol. The van der Waals surface area contributed by atoms with Gasteiger partial charge in [0.2, 0.25) is 0 Å². The summed E-state index contributed by atoms with van der Waals surface area (Å²) in [5.41, 5.74) is 0.943. The number of nitrogens with one attached hydrogen (secondary N) is 2. The molecule has 2 aromatic rings. The molecule has 26 heavy (non-hydrogen) atoms. The van der Waals surface area contributed by atoms with Crippen molar-refractivity contribution in [2.75, 3.05) is 11.9 Å². The highest BCUT2D eigenvalue weighted by Crippen LogP contribution is 2.26. The summed E-state index contributed by atoms with van der Waals surface area (Å²) in [6, 6.07) is 4.22. The minimum atomic E-state index is -0.412. The number of amides is 2. The number of hydrogen-bond donors (Lipinski definition) is 2. The van der Waals surface area contributed by atoms with E-state index >= 15 is 0 Å². The van der Waals surface area contributed by atoms with E-state index in [1.54, 1.807) is 22.9 Å². The number of ketones is 1. The third kappa shape index (κ3) is 4.81. The number of carbonyl (C=O) groups is 2. The SMILES string of the molecule is CCCn1ncnc1C(C)NC(=O)Nc1cc(C(C)=O)ccc1OCC. The lowest BCUT2D eigenvalue weighted by Gasteiger charge is -2.17. The normalized spacial score (nSPS) is 11.7. The molecule has 1 aromatic heterocycles. The van der Waals surface area contributed by atoms with Crippen molar-refractivity contribution in [1.29, 1.82) is 0 Å². The first-order valence-corrected chi connectivity index (χ1v) is 8.69. The minimum Gasteiger partial charge on any atom is -0.492 e. The molecule has 0 spiro atoms. The maximum Gasteiger partial charge on any atom is 0.319 e. The molecule has 8 heteroatoms.